The Hall–Kier alpha value is -8.47. The van der Waals surface area contributed by atoms with Gasteiger partial charge in [-0.05, 0) is 63.8 Å². The second-order valence-electron chi connectivity index (χ2n) is 22.5. The van der Waals surface area contributed by atoms with E-state index in [4.69, 9.17) is 28.7 Å². The monoisotopic (exact) mass is 1160 g/mol. The molecule has 22 nitrogen and oxygen atoms in total. The lowest BCUT2D eigenvalue weighted by atomic mass is 9.77. The summed E-state index contributed by atoms with van der Waals surface area (Å²) in [6.45, 7) is 6.96. The first-order chi connectivity index (χ1) is 40.0. The lowest BCUT2D eigenvalue weighted by Gasteiger charge is -2.43. The predicted octanol–water partition coefficient (Wildman–Crippen LogP) is 4.72. The van der Waals surface area contributed by atoms with Crippen molar-refractivity contribution in [3.63, 3.8) is 0 Å². The maximum absolute atomic E-state index is 15.4. The number of esters is 1. The molecule has 2 aliphatic heterocycles. The van der Waals surface area contributed by atoms with Crippen molar-refractivity contribution in [3.05, 3.63) is 162 Å². The van der Waals surface area contributed by atoms with E-state index < -0.39 is 115 Å². The molecule has 4 aromatic carbocycles. The number of amides is 6. The van der Waals surface area contributed by atoms with Gasteiger partial charge in [0.1, 0.15) is 49.0 Å². The fraction of sp³-hybridized carbons (Fsp3) is 0.435. The zero-order valence-corrected chi connectivity index (χ0v) is 48.9. The van der Waals surface area contributed by atoms with E-state index in [0.29, 0.717) is 11.3 Å². The molecule has 2 aliphatic rings. The van der Waals surface area contributed by atoms with E-state index in [1.165, 1.54) is 28.9 Å². The number of carbonyl (C=O) groups excluding carboxylic acids is 7. The number of benzene rings is 4. The molecule has 2 saturated heterocycles. The summed E-state index contributed by atoms with van der Waals surface area (Å²) in [4.78, 5) is 123. The number of alkyl carbamates (subject to hydrolysis) is 1. The van der Waals surface area contributed by atoms with Crippen LogP contribution in [0.4, 0.5) is 4.79 Å². The number of methoxy groups -OCH3 is 2. The van der Waals surface area contributed by atoms with E-state index in [1.54, 1.807) is 72.1 Å². The molecule has 0 saturated carbocycles. The van der Waals surface area contributed by atoms with E-state index in [1.807, 2.05) is 108 Å². The predicted molar refractivity (Wildman–Crippen MR) is 306 cm³/mol. The Morgan fingerprint density at radius 1 is 0.679 bits per heavy atom. The minimum absolute atomic E-state index is 0.101. The SMILES string of the molecule is COC(CN(CC(=O)N1CCN(CC(=O)N2CCN(CC(=O)O)C(=O)[C@@H]2CC(=O)OC(C)(C)C)C(=O)[C@@H]1Cc1cn(C(c2ccccc2)(c2ccccc2)c2ccccc2)cn1)C(=O)[C@H](COC(C)(C)C)NC(=O)OCc1ccccc1)OC. The van der Waals surface area contributed by atoms with Crippen LogP contribution in [0.2, 0.25) is 0 Å². The average Bonchev–Trinajstić information content (AvgIpc) is 3.87. The van der Waals surface area contributed by atoms with Gasteiger partial charge in [-0.15, -0.1) is 0 Å². The smallest absolute Gasteiger partial charge is 0.408 e. The van der Waals surface area contributed by atoms with Crippen molar-refractivity contribution in [3.8, 4) is 0 Å². The zero-order valence-electron chi connectivity index (χ0n) is 48.9. The number of aromatic nitrogens is 2. The summed E-state index contributed by atoms with van der Waals surface area (Å²) in [5.74, 6) is -5.67. The van der Waals surface area contributed by atoms with Crippen LogP contribution >= 0.6 is 0 Å². The third-order valence-corrected chi connectivity index (χ3v) is 14.3. The van der Waals surface area contributed by atoms with Crippen molar-refractivity contribution in [2.75, 3.05) is 73.2 Å². The van der Waals surface area contributed by atoms with Gasteiger partial charge in [0, 0.05) is 53.0 Å². The molecule has 0 unspecified atom stereocenters. The molecule has 3 heterocycles. The summed E-state index contributed by atoms with van der Waals surface area (Å²) in [7, 11) is 2.72. The molecule has 2 N–H and O–H groups in total. The van der Waals surface area contributed by atoms with Gasteiger partial charge in [-0.1, -0.05) is 121 Å². The fourth-order valence-electron chi connectivity index (χ4n) is 10.3. The van der Waals surface area contributed by atoms with Crippen molar-refractivity contribution in [1.82, 2.24) is 39.4 Å². The Bertz CT molecular complexity index is 2960. The number of carbonyl (C=O) groups is 8. The molecule has 0 bridgehead atoms. The molecule has 448 valence electrons. The van der Waals surface area contributed by atoms with Crippen molar-refractivity contribution in [1.29, 1.82) is 0 Å². The Morgan fingerprint density at radius 2 is 1.19 bits per heavy atom. The summed E-state index contributed by atoms with van der Waals surface area (Å²) in [5, 5.41) is 12.2. The number of carboxylic acid groups (broad SMARTS) is 1. The second kappa shape index (κ2) is 28.2. The number of aliphatic carboxylic acids is 1. The Morgan fingerprint density at radius 3 is 1.70 bits per heavy atom. The van der Waals surface area contributed by atoms with Gasteiger partial charge < -0.3 is 63.2 Å². The molecule has 0 aliphatic carbocycles. The molecular formula is C62H76N8O14. The number of ether oxygens (including phenoxy) is 5. The molecule has 0 spiro atoms. The van der Waals surface area contributed by atoms with E-state index in [-0.39, 0.29) is 52.4 Å². The van der Waals surface area contributed by atoms with Gasteiger partial charge in [0.25, 0.3) is 0 Å². The van der Waals surface area contributed by atoms with Crippen molar-refractivity contribution in [2.45, 2.75) is 102 Å². The van der Waals surface area contributed by atoms with Gasteiger partial charge in [-0.25, -0.2) is 9.78 Å². The molecule has 3 atom stereocenters. The lowest BCUT2D eigenvalue weighted by molar-refractivity contribution is -0.165. The average molecular weight is 1160 g/mol. The van der Waals surface area contributed by atoms with Gasteiger partial charge in [-0.2, -0.15) is 0 Å². The van der Waals surface area contributed by atoms with Crippen LogP contribution in [0, 0.1) is 0 Å². The molecular weight excluding hydrogens is 1080 g/mol. The number of hydrogen-bond donors (Lipinski definition) is 2. The van der Waals surface area contributed by atoms with Crippen LogP contribution in [0.3, 0.4) is 0 Å². The van der Waals surface area contributed by atoms with Gasteiger partial charge in [0.05, 0.1) is 43.7 Å². The fourth-order valence-corrected chi connectivity index (χ4v) is 10.3. The number of nitrogens with one attached hydrogen (secondary N) is 1. The van der Waals surface area contributed by atoms with Gasteiger partial charge >= 0.3 is 18.0 Å². The highest BCUT2D eigenvalue weighted by molar-refractivity contribution is 5.97. The van der Waals surface area contributed by atoms with E-state index >= 15 is 9.59 Å². The summed E-state index contributed by atoms with van der Waals surface area (Å²) in [6, 6.07) is 34.3. The van der Waals surface area contributed by atoms with Crippen LogP contribution in [-0.2, 0) is 75.8 Å². The Kier molecular flexibility index (Phi) is 21.2. The number of imidazole rings is 1. The molecule has 5 aromatic rings. The first kappa shape index (κ1) is 63.1. The second-order valence-corrected chi connectivity index (χ2v) is 22.5. The molecule has 6 amide bonds. The number of piperazine rings is 2. The van der Waals surface area contributed by atoms with Crippen molar-refractivity contribution >= 4 is 47.6 Å². The highest BCUT2D eigenvalue weighted by Gasteiger charge is 2.45. The van der Waals surface area contributed by atoms with Crippen LogP contribution in [-0.4, -0.2) is 196 Å². The van der Waals surface area contributed by atoms with Crippen LogP contribution in [0.25, 0.3) is 0 Å². The number of rotatable bonds is 24. The minimum atomic E-state index is -1.44. The normalized spacial score (nSPS) is 16.3. The number of nitrogens with zero attached hydrogens (tertiary/aromatic N) is 7. The summed E-state index contributed by atoms with van der Waals surface area (Å²) in [6.07, 6.45) is 0.736. The first-order valence-electron chi connectivity index (χ1n) is 27.8. The first-order valence-corrected chi connectivity index (χ1v) is 27.8. The van der Waals surface area contributed by atoms with Crippen molar-refractivity contribution < 1.29 is 67.1 Å². The molecule has 0 radical (unpaired) electrons. The largest absolute Gasteiger partial charge is 0.480 e. The quantitative estimate of drug-likeness (QED) is 0.0482. The zero-order chi connectivity index (χ0) is 60.8. The van der Waals surface area contributed by atoms with Crippen LogP contribution in [0.1, 0.15) is 75.9 Å². The van der Waals surface area contributed by atoms with Gasteiger partial charge in [-0.3, -0.25) is 33.6 Å². The maximum atomic E-state index is 15.4. The molecule has 7 rings (SSSR count). The Labute approximate surface area is 489 Å². The Balaban J connectivity index is 1.25. The van der Waals surface area contributed by atoms with Crippen LogP contribution < -0.4 is 5.32 Å². The summed E-state index contributed by atoms with van der Waals surface area (Å²) in [5.41, 5.74) is 1.06. The van der Waals surface area contributed by atoms with Gasteiger partial charge in [0.2, 0.25) is 29.5 Å². The van der Waals surface area contributed by atoms with Crippen LogP contribution in [0.5, 0.6) is 0 Å². The highest BCUT2D eigenvalue weighted by atomic mass is 16.7. The summed E-state index contributed by atoms with van der Waals surface area (Å²) >= 11 is 0. The highest BCUT2D eigenvalue weighted by Crippen LogP contribution is 2.41. The molecule has 1 aromatic heterocycles. The van der Waals surface area contributed by atoms with Crippen molar-refractivity contribution in [2.24, 2.45) is 0 Å². The van der Waals surface area contributed by atoms with E-state index in [9.17, 15) is 33.9 Å². The van der Waals surface area contributed by atoms with E-state index in [0.717, 1.165) is 26.5 Å². The minimum Gasteiger partial charge on any atom is -0.480 e. The third-order valence-electron chi connectivity index (χ3n) is 14.3. The topological polar surface area (TPSA) is 249 Å². The standard InChI is InChI=1S/C62H76N8O14/c1-60(2,3)83-41-48(64-59(79)82-40-43-21-13-9-14-22-43)56(76)67(39-55(80-7)81-8)37-52(72)69-31-29-65(36-51(71)70-32-30-66(38-53(73)74)58(78)50(70)34-54(75)84-61(4,5)6)57(77)49(69)33-47-35-68(42-63-47)62(44-23-15-10-16-24-44,45-25-17-11-18-26-45)46-27-19-12-20-28-46/h9-28,35,42,48-50,55H,29-34,36-41H2,1-8H3,(H,64,79)(H,73,74)/t48-,49-,50-/m0/s1. The maximum Gasteiger partial charge on any atom is 0.408 e. The number of carboxylic acids is 1. The van der Waals surface area contributed by atoms with E-state index in [2.05, 4.69) is 5.32 Å². The van der Waals surface area contributed by atoms with Gasteiger partial charge in [0.15, 0.2) is 6.29 Å². The summed E-state index contributed by atoms with van der Waals surface area (Å²) < 4.78 is 30.1. The molecule has 22 heteroatoms. The molecule has 84 heavy (non-hydrogen) atoms. The van der Waals surface area contributed by atoms with Crippen LogP contribution in [0.15, 0.2) is 134 Å². The number of hydrogen-bond acceptors (Lipinski definition) is 14. The third kappa shape index (κ3) is 16.2. The molecule has 2 fully saturated rings. The lowest BCUT2D eigenvalue weighted by Crippen LogP contribution is -2.65.